The number of aldehydes is 1. The first-order valence-corrected chi connectivity index (χ1v) is 9.40. The highest BCUT2D eigenvalue weighted by Crippen LogP contribution is 2.38. The number of anilines is 1. The molecule has 142 valence electrons. The second-order valence-electron chi connectivity index (χ2n) is 6.89. The van der Waals surface area contributed by atoms with Crippen LogP contribution < -0.4 is 10.6 Å². The molecule has 0 atom stereocenters. The number of rotatable bonds is 6. The number of aryl methyl sites for hydroxylation is 1. The quantitative estimate of drug-likeness (QED) is 0.793. The van der Waals surface area contributed by atoms with Crippen molar-refractivity contribution in [3.63, 3.8) is 0 Å². The maximum Gasteiger partial charge on any atom is 0.251 e. The van der Waals surface area contributed by atoms with Gasteiger partial charge in [0, 0.05) is 36.9 Å². The molecular formula is C22H26N2O3. The Bertz CT molecular complexity index is 841. The molecule has 5 heteroatoms. The fourth-order valence-corrected chi connectivity index (χ4v) is 3.91. The van der Waals surface area contributed by atoms with E-state index >= 15 is 0 Å². The van der Waals surface area contributed by atoms with Crippen molar-refractivity contribution >= 4 is 17.9 Å². The van der Waals surface area contributed by atoms with Gasteiger partial charge in [0.05, 0.1) is 11.3 Å². The van der Waals surface area contributed by atoms with Gasteiger partial charge in [-0.1, -0.05) is 30.3 Å². The maximum atomic E-state index is 12.4. The minimum Gasteiger partial charge on any atom is -0.381 e. The lowest BCUT2D eigenvalue weighted by Gasteiger charge is -2.38. The largest absolute Gasteiger partial charge is 0.381 e. The van der Waals surface area contributed by atoms with Crippen molar-refractivity contribution in [2.75, 3.05) is 24.7 Å². The monoisotopic (exact) mass is 366 g/mol. The van der Waals surface area contributed by atoms with E-state index in [-0.39, 0.29) is 6.04 Å². The van der Waals surface area contributed by atoms with E-state index in [2.05, 4.69) is 11.8 Å². The maximum absolute atomic E-state index is 12.4. The Hall–Kier alpha value is -2.66. The summed E-state index contributed by atoms with van der Waals surface area (Å²) in [6.45, 7) is 6.19. The van der Waals surface area contributed by atoms with E-state index in [1.807, 2.05) is 37.3 Å². The number of carbonyl (C=O) groups is 2. The summed E-state index contributed by atoms with van der Waals surface area (Å²) >= 11 is 0. The summed E-state index contributed by atoms with van der Waals surface area (Å²) < 4.78 is 5.52. The number of benzene rings is 2. The molecule has 2 aromatic rings. The zero-order chi connectivity index (χ0) is 19.4. The summed E-state index contributed by atoms with van der Waals surface area (Å²) in [5.74, 6) is -0.429. The average molecular weight is 366 g/mol. The molecule has 2 aromatic carbocycles. The van der Waals surface area contributed by atoms with Crippen LogP contribution in [0.2, 0.25) is 0 Å². The van der Waals surface area contributed by atoms with E-state index in [0.29, 0.717) is 11.1 Å². The van der Waals surface area contributed by atoms with Crippen LogP contribution in [-0.2, 0) is 4.74 Å². The van der Waals surface area contributed by atoms with Gasteiger partial charge in [-0.05, 0) is 43.9 Å². The van der Waals surface area contributed by atoms with Gasteiger partial charge in [-0.15, -0.1) is 0 Å². The fourth-order valence-electron chi connectivity index (χ4n) is 3.91. The van der Waals surface area contributed by atoms with E-state index in [4.69, 9.17) is 10.5 Å². The molecule has 0 aromatic heterocycles. The predicted molar refractivity (Wildman–Crippen MR) is 107 cm³/mol. The minimum atomic E-state index is -0.429. The smallest absolute Gasteiger partial charge is 0.251 e. The topological polar surface area (TPSA) is 72.6 Å². The third-order valence-electron chi connectivity index (χ3n) is 5.23. The number of hydrogen-bond acceptors (Lipinski definition) is 4. The van der Waals surface area contributed by atoms with Crippen molar-refractivity contribution in [3.05, 3.63) is 53.1 Å². The van der Waals surface area contributed by atoms with Gasteiger partial charge in [0.15, 0.2) is 0 Å². The Balaban J connectivity index is 2.22. The average Bonchev–Trinajstić information content (AvgIpc) is 2.69. The molecule has 1 fully saturated rings. The number of primary amides is 1. The summed E-state index contributed by atoms with van der Waals surface area (Å²) in [6.07, 6.45) is 2.66. The number of carbonyl (C=O) groups excluding carboxylic acids is 2. The molecule has 3 rings (SSSR count). The van der Waals surface area contributed by atoms with E-state index < -0.39 is 5.91 Å². The molecular weight excluding hydrogens is 340 g/mol. The second-order valence-corrected chi connectivity index (χ2v) is 6.89. The number of amides is 1. The van der Waals surface area contributed by atoms with Gasteiger partial charge in [0.25, 0.3) is 5.91 Å². The van der Waals surface area contributed by atoms with E-state index in [9.17, 15) is 9.59 Å². The summed E-state index contributed by atoms with van der Waals surface area (Å²) in [5, 5.41) is 0. The number of ether oxygens (including phenoxy) is 1. The minimum absolute atomic E-state index is 0.289. The van der Waals surface area contributed by atoms with Crippen LogP contribution in [0.3, 0.4) is 0 Å². The van der Waals surface area contributed by atoms with Crippen molar-refractivity contribution < 1.29 is 14.3 Å². The second kappa shape index (κ2) is 8.35. The molecule has 0 saturated carbocycles. The molecule has 0 unspecified atom stereocenters. The zero-order valence-corrected chi connectivity index (χ0v) is 15.9. The lowest BCUT2D eigenvalue weighted by molar-refractivity contribution is 0.0846. The van der Waals surface area contributed by atoms with Crippen LogP contribution in [0, 0.1) is 6.92 Å². The normalized spacial score (nSPS) is 14.7. The van der Waals surface area contributed by atoms with Crippen molar-refractivity contribution in [2.24, 2.45) is 5.73 Å². The van der Waals surface area contributed by atoms with Gasteiger partial charge in [0.2, 0.25) is 0 Å². The number of hydrogen-bond donors (Lipinski definition) is 1. The Morgan fingerprint density at radius 2 is 2.00 bits per heavy atom. The highest BCUT2D eigenvalue weighted by atomic mass is 16.5. The summed E-state index contributed by atoms with van der Waals surface area (Å²) in [6, 6.07) is 11.7. The third-order valence-corrected chi connectivity index (χ3v) is 5.23. The molecule has 1 aliphatic heterocycles. The van der Waals surface area contributed by atoms with Crippen LogP contribution in [0.25, 0.3) is 11.1 Å². The Labute approximate surface area is 160 Å². The molecule has 0 aliphatic carbocycles. The zero-order valence-electron chi connectivity index (χ0n) is 15.9. The molecule has 1 heterocycles. The Morgan fingerprint density at radius 1 is 1.26 bits per heavy atom. The molecule has 0 bridgehead atoms. The van der Waals surface area contributed by atoms with Gasteiger partial charge >= 0.3 is 0 Å². The van der Waals surface area contributed by atoms with Crippen molar-refractivity contribution in [1.29, 1.82) is 0 Å². The standard InChI is InChI=1S/C22H26N2O3/c1-3-24(18-9-11-27-12-10-18)21-19(8-7-15(2)20(21)22(23)26)17-6-4-5-16(13-17)14-25/h4-8,13-14,18H,3,9-12H2,1-2H3,(H2,23,26). The van der Waals surface area contributed by atoms with E-state index in [0.717, 1.165) is 61.3 Å². The third kappa shape index (κ3) is 3.88. The van der Waals surface area contributed by atoms with Gasteiger partial charge in [-0.3, -0.25) is 9.59 Å². The van der Waals surface area contributed by atoms with Gasteiger partial charge in [-0.25, -0.2) is 0 Å². The van der Waals surface area contributed by atoms with Crippen LogP contribution in [0.4, 0.5) is 5.69 Å². The van der Waals surface area contributed by atoms with Gasteiger partial charge in [-0.2, -0.15) is 0 Å². The molecule has 27 heavy (non-hydrogen) atoms. The highest BCUT2D eigenvalue weighted by molar-refractivity contribution is 6.04. The summed E-state index contributed by atoms with van der Waals surface area (Å²) in [5.41, 5.74) is 10.5. The molecule has 1 saturated heterocycles. The molecule has 5 nitrogen and oxygen atoms in total. The summed E-state index contributed by atoms with van der Waals surface area (Å²) in [4.78, 5) is 25.9. The van der Waals surface area contributed by atoms with Crippen molar-refractivity contribution in [2.45, 2.75) is 32.7 Å². The van der Waals surface area contributed by atoms with Crippen molar-refractivity contribution in [1.82, 2.24) is 0 Å². The lowest BCUT2D eigenvalue weighted by atomic mass is 9.92. The first-order valence-electron chi connectivity index (χ1n) is 9.40. The summed E-state index contributed by atoms with van der Waals surface area (Å²) in [7, 11) is 0. The van der Waals surface area contributed by atoms with E-state index in [1.54, 1.807) is 6.07 Å². The predicted octanol–water partition coefficient (Wildman–Crippen LogP) is 3.58. The first-order chi connectivity index (χ1) is 13.1. The Kier molecular flexibility index (Phi) is 5.91. The van der Waals surface area contributed by atoms with Crippen LogP contribution >= 0.6 is 0 Å². The lowest BCUT2D eigenvalue weighted by Crippen LogP contribution is -2.41. The number of nitrogens with two attached hydrogens (primary N) is 1. The molecule has 2 N–H and O–H groups in total. The molecule has 1 aliphatic rings. The van der Waals surface area contributed by atoms with Crippen LogP contribution in [-0.4, -0.2) is 38.0 Å². The van der Waals surface area contributed by atoms with Crippen LogP contribution in [0.15, 0.2) is 36.4 Å². The van der Waals surface area contributed by atoms with Gasteiger partial charge in [0.1, 0.15) is 6.29 Å². The molecule has 0 radical (unpaired) electrons. The molecule has 1 amide bonds. The van der Waals surface area contributed by atoms with Crippen LogP contribution in [0.5, 0.6) is 0 Å². The number of nitrogens with zero attached hydrogens (tertiary/aromatic N) is 1. The van der Waals surface area contributed by atoms with Crippen LogP contribution in [0.1, 0.15) is 46.0 Å². The fraction of sp³-hybridized carbons (Fsp3) is 0.364. The molecule has 0 spiro atoms. The van der Waals surface area contributed by atoms with E-state index in [1.165, 1.54) is 0 Å². The van der Waals surface area contributed by atoms with Crippen molar-refractivity contribution in [3.8, 4) is 11.1 Å². The Morgan fingerprint density at radius 3 is 2.63 bits per heavy atom. The SMILES string of the molecule is CCN(c1c(-c2cccc(C=O)c2)ccc(C)c1C(N)=O)C1CCOCC1. The highest BCUT2D eigenvalue weighted by Gasteiger charge is 2.27. The first kappa shape index (κ1) is 19.1. The van der Waals surface area contributed by atoms with Gasteiger partial charge < -0.3 is 15.4 Å².